The molecule has 1 fully saturated rings. The lowest BCUT2D eigenvalue weighted by Gasteiger charge is -2.32. The van der Waals surface area contributed by atoms with E-state index in [4.69, 9.17) is 23.2 Å². The fourth-order valence-electron chi connectivity index (χ4n) is 3.40. The molecule has 150 valence electrons. The SMILES string of the molecule is CN(Cc1cccc(Cl)c1)C(=O)C1CCN(S(=O)(=O)c2ccc(Cl)cc2)CC1. The predicted molar refractivity (Wildman–Crippen MR) is 111 cm³/mol. The van der Waals surface area contributed by atoms with Crippen molar-refractivity contribution in [3.63, 3.8) is 0 Å². The van der Waals surface area contributed by atoms with Crippen LogP contribution in [0.3, 0.4) is 0 Å². The molecule has 0 bridgehead atoms. The second-order valence-electron chi connectivity index (χ2n) is 6.96. The maximum absolute atomic E-state index is 12.8. The lowest BCUT2D eigenvalue weighted by Crippen LogP contribution is -2.43. The Kier molecular flexibility index (Phi) is 6.65. The van der Waals surface area contributed by atoms with E-state index in [9.17, 15) is 13.2 Å². The molecule has 2 aromatic carbocycles. The van der Waals surface area contributed by atoms with Crippen molar-refractivity contribution in [3.05, 3.63) is 64.1 Å². The number of carbonyl (C=O) groups is 1. The van der Waals surface area contributed by atoms with Crippen LogP contribution in [0.2, 0.25) is 10.0 Å². The van der Waals surface area contributed by atoms with Gasteiger partial charge in [-0.15, -0.1) is 0 Å². The highest BCUT2D eigenvalue weighted by Crippen LogP contribution is 2.26. The summed E-state index contributed by atoms with van der Waals surface area (Å²) in [6, 6.07) is 13.6. The zero-order valence-corrected chi connectivity index (χ0v) is 17.8. The Balaban J connectivity index is 1.59. The fraction of sp³-hybridized carbons (Fsp3) is 0.350. The normalized spacial score (nSPS) is 16.1. The number of sulfonamides is 1. The van der Waals surface area contributed by atoms with Crippen molar-refractivity contribution < 1.29 is 13.2 Å². The standard InChI is InChI=1S/C20H22Cl2N2O3S/c1-23(14-15-3-2-4-18(22)13-15)20(25)16-9-11-24(12-10-16)28(26,27)19-7-5-17(21)6-8-19/h2-8,13,16H,9-12,14H2,1H3. The minimum absolute atomic E-state index is 0.0310. The largest absolute Gasteiger partial charge is 0.341 e. The summed E-state index contributed by atoms with van der Waals surface area (Å²) in [4.78, 5) is 14.7. The molecular formula is C20H22Cl2N2O3S. The molecule has 0 radical (unpaired) electrons. The first kappa shape index (κ1) is 21.1. The Hall–Kier alpha value is -1.60. The second kappa shape index (κ2) is 8.82. The molecule has 1 amide bonds. The molecule has 0 aromatic heterocycles. The van der Waals surface area contributed by atoms with Crippen molar-refractivity contribution in [1.29, 1.82) is 0 Å². The number of amides is 1. The van der Waals surface area contributed by atoms with Crippen LogP contribution in [0.4, 0.5) is 0 Å². The van der Waals surface area contributed by atoms with Crippen LogP contribution >= 0.6 is 23.2 Å². The third-order valence-corrected chi connectivity index (χ3v) is 7.34. The molecule has 1 aliphatic heterocycles. The highest BCUT2D eigenvalue weighted by Gasteiger charge is 2.33. The van der Waals surface area contributed by atoms with Crippen LogP contribution in [0, 0.1) is 5.92 Å². The van der Waals surface area contributed by atoms with Gasteiger partial charge < -0.3 is 4.90 Å². The Labute approximate surface area is 175 Å². The summed E-state index contributed by atoms with van der Waals surface area (Å²) < 4.78 is 27.0. The van der Waals surface area contributed by atoms with Crippen molar-refractivity contribution >= 4 is 39.1 Å². The van der Waals surface area contributed by atoms with Gasteiger partial charge in [-0.1, -0.05) is 35.3 Å². The van der Waals surface area contributed by atoms with Gasteiger partial charge >= 0.3 is 0 Å². The highest BCUT2D eigenvalue weighted by atomic mass is 35.5. The zero-order chi connectivity index (χ0) is 20.3. The first-order valence-corrected chi connectivity index (χ1v) is 11.2. The van der Waals surface area contributed by atoms with Gasteiger partial charge in [-0.3, -0.25) is 4.79 Å². The third-order valence-electron chi connectivity index (χ3n) is 4.94. The van der Waals surface area contributed by atoms with Gasteiger partial charge in [-0.05, 0) is 54.8 Å². The number of carbonyl (C=O) groups excluding carboxylic acids is 1. The first-order valence-electron chi connectivity index (χ1n) is 9.02. The number of halogens is 2. The summed E-state index contributed by atoms with van der Waals surface area (Å²) in [5.41, 5.74) is 0.964. The molecule has 5 nitrogen and oxygen atoms in total. The van der Waals surface area contributed by atoms with E-state index in [1.165, 1.54) is 16.4 Å². The summed E-state index contributed by atoms with van der Waals surface area (Å²) in [5, 5.41) is 1.13. The monoisotopic (exact) mass is 440 g/mol. The summed E-state index contributed by atoms with van der Waals surface area (Å²) >= 11 is 11.8. The summed E-state index contributed by atoms with van der Waals surface area (Å²) in [5.74, 6) is -0.149. The van der Waals surface area contributed by atoms with Crippen molar-refractivity contribution in [3.8, 4) is 0 Å². The molecule has 1 saturated heterocycles. The maximum Gasteiger partial charge on any atom is 0.243 e. The maximum atomic E-state index is 12.8. The number of benzene rings is 2. The molecule has 3 rings (SSSR count). The second-order valence-corrected chi connectivity index (χ2v) is 9.77. The van der Waals surface area contributed by atoms with Crippen LogP contribution in [-0.2, 0) is 21.4 Å². The van der Waals surface area contributed by atoms with E-state index in [-0.39, 0.29) is 16.7 Å². The lowest BCUT2D eigenvalue weighted by molar-refractivity contribution is -0.135. The van der Waals surface area contributed by atoms with Crippen LogP contribution in [0.15, 0.2) is 53.4 Å². The molecule has 1 heterocycles. The molecule has 0 saturated carbocycles. The van der Waals surface area contributed by atoms with Crippen molar-refractivity contribution in [1.82, 2.24) is 9.21 Å². The fourth-order valence-corrected chi connectivity index (χ4v) is 5.21. The van der Waals surface area contributed by atoms with E-state index in [1.54, 1.807) is 30.1 Å². The first-order chi connectivity index (χ1) is 13.3. The van der Waals surface area contributed by atoms with Gasteiger partial charge in [0.2, 0.25) is 15.9 Å². The third kappa shape index (κ3) is 4.87. The van der Waals surface area contributed by atoms with Crippen LogP contribution < -0.4 is 0 Å². The van der Waals surface area contributed by atoms with Gasteiger partial charge in [0.05, 0.1) is 4.90 Å². The van der Waals surface area contributed by atoms with Crippen LogP contribution in [-0.4, -0.2) is 43.7 Å². The van der Waals surface area contributed by atoms with Gasteiger partial charge in [0.1, 0.15) is 0 Å². The van der Waals surface area contributed by atoms with Gasteiger partial charge in [0, 0.05) is 42.6 Å². The van der Waals surface area contributed by atoms with Crippen LogP contribution in [0.1, 0.15) is 18.4 Å². The molecule has 0 spiro atoms. The number of nitrogens with zero attached hydrogens (tertiary/aromatic N) is 2. The predicted octanol–water partition coefficient (Wildman–Crippen LogP) is 4.05. The summed E-state index contributed by atoms with van der Waals surface area (Å²) in [6.07, 6.45) is 1.01. The number of hydrogen-bond donors (Lipinski definition) is 0. The topological polar surface area (TPSA) is 57.7 Å². The minimum Gasteiger partial charge on any atom is -0.341 e. The van der Waals surface area contributed by atoms with Gasteiger partial charge in [-0.25, -0.2) is 8.42 Å². The van der Waals surface area contributed by atoms with Gasteiger partial charge in [0.25, 0.3) is 0 Å². The van der Waals surface area contributed by atoms with Crippen molar-refractivity contribution in [2.75, 3.05) is 20.1 Å². The Bertz CT molecular complexity index is 940. The molecule has 0 aliphatic carbocycles. The average molecular weight is 441 g/mol. The van der Waals surface area contributed by atoms with Crippen LogP contribution in [0.25, 0.3) is 0 Å². The molecule has 0 N–H and O–H groups in total. The van der Waals surface area contributed by atoms with E-state index in [2.05, 4.69) is 0 Å². The zero-order valence-electron chi connectivity index (χ0n) is 15.5. The van der Waals surface area contributed by atoms with Crippen molar-refractivity contribution in [2.24, 2.45) is 5.92 Å². The van der Waals surface area contributed by atoms with E-state index in [1.807, 2.05) is 18.2 Å². The van der Waals surface area contributed by atoms with E-state index in [0.29, 0.717) is 42.5 Å². The van der Waals surface area contributed by atoms with Crippen molar-refractivity contribution in [2.45, 2.75) is 24.3 Å². The quantitative estimate of drug-likeness (QED) is 0.704. The number of rotatable bonds is 5. The molecule has 1 aliphatic rings. The highest BCUT2D eigenvalue weighted by molar-refractivity contribution is 7.89. The van der Waals surface area contributed by atoms with E-state index in [0.717, 1.165) is 5.56 Å². The Morgan fingerprint density at radius 1 is 1.07 bits per heavy atom. The lowest BCUT2D eigenvalue weighted by atomic mass is 9.96. The number of hydrogen-bond acceptors (Lipinski definition) is 3. The minimum atomic E-state index is -3.57. The van der Waals surface area contributed by atoms with E-state index >= 15 is 0 Å². The Morgan fingerprint density at radius 2 is 1.71 bits per heavy atom. The summed E-state index contributed by atoms with van der Waals surface area (Å²) in [7, 11) is -1.80. The molecule has 0 atom stereocenters. The molecular weight excluding hydrogens is 419 g/mol. The molecule has 28 heavy (non-hydrogen) atoms. The van der Waals surface area contributed by atoms with Gasteiger partial charge in [-0.2, -0.15) is 4.31 Å². The number of piperidine rings is 1. The average Bonchev–Trinajstić information content (AvgIpc) is 2.68. The van der Waals surface area contributed by atoms with Crippen LogP contribution in [0.5, 0.6) is 0 Å². The summed E-state index contributed by atoms with van der Waals surface area (Å²) in [6.45, 7) is 1.13. The smallest absolute Gasteiger partial charge is 0.243 e. The molecule has 8 heteroatoms. The van der Waals surface area contributed by atoms with Gasteiger partial charge in [0.15, 0.2) is 0 Å². The molecule has 0 unspecified atom stereocenters. The Morgan fingerprint density at radius 3 is 2.32 bits per heavy atom. The molecule has 2 aromatic rings. The van der Waals surface area contributed by atoms with E-state index < -0.39 is 10.0 Å².